The highest BCUT2D eigenvalue weighted by atomic mass is 35.5. The second-order valence-corrected chi connectivity index (χ2v) is 8.40. The zero-order chi connectivity index (χ0) is 27.0. The molecule has 0 bridgehead atoms. The van der Waals surface area contributed by atoms with E-state index in [9.17, 15) is 35.9 Å². The Kier molecular flexibility index (Phi) is 7.72. The molecule has 3 rings (SSSR count). The number of esters is 2. The molecule has 0 saturated heterocycles. The van der Waals surface area contributed by atoms with Crippen molar-refractivity contribution in [3.05, 3.63) is 45.9 Å². The zero-order valence-corrected chi connectivity index (χ0v) is 19.9. The molecule has 2 heterocycles. The third-order valence-corrected chi connectivity index (χ3v) is 5.67. The fourth-order valence-electron chi connectivity index (χ4n) is 3.80. The third kappa shape index (κ3) is 6.00. The summed E-state index contributed by atoms with van der Waals surface area (Å²) in [5.41, 5.74) is -3.30. The lowest BCUT2D eigenvalue weighted by Crippen LogP contribution is -2.33. The van der Waals surface area contributed by atoms with E-state index in [1.807, 2.05) is 0 Å². The van der Waals surface area contributed by atoms with Gasteiger partial charge in [0, 0.05) is 24.9 Å². The summed E-state index contributed by atoms with van der Waals surface area (Å²) in [5.74, 6) is -2.10. The van der Waals surface area contributed by atoms with Crippen LogP contribution in [0, 0.1) is 6.92 Å². The molecule has 0 spiro atoms. The van der Waals surface area contributed by atoms with Crippen molar-refractivity contribution in [2.45, 2.75) is 51.6 Å². The number of hydrogen-bond acceptors (Lipinski definition) is 7. The molecular formula is C22H20ClF6N3O4. The highest BCUT2D eigenvalue weighted by Crippen LogP contribution is 2.46. The maximum Gasteiger partial charge on any atom is 0.418 e. The Morgan fingerprint density at radius 3 is 2.42 bits per heavy atom. The van der Waals surface area contributed by atoms with Crippen LogP contribution in [0.2, 0.25) is 5.15 Å². The lowest BCUT2D eigenvalue weighted by atomic mass is 9.92. The molecule has 196 valence electrons. The van der Waals surface area contributed by atoms with Crippen molar-refractivity contribution in [2.75, 3.05) is 18.1 Å². The SMILES string of the molecule is CC(=O)O[C@@H](C)C(=O)OC[C@H]1CCN(c2ccc(C(F)(F)F)cc2C(F)(F)F)c2nc(C)nc(Cl)c21. The molecule has 0 radical (unpaired) electrons. The van der Waals surface area contributed by atoms with Gasteiger partial charge in [0.1, 0.15) is 16.8 Å². The molecule has 2 atom stereocenters. The van der Waals surface area contributed by atoms with Gasteiger partial charge in [0.05, 0.1) is 23.4 Å². The zero-order valence-electron chi connectivity index (χ0n) is 19.1. The fraction of sp³-hybridized carbons (Fsp3) is 0.455. The van der Waals surface area contributed by atoms with Crippen molar-refractivity contribution in [2.24, 2.45) is 0 Å². The van der Waals surface area contributed by atoms with Crippen molar-refractivity contribution in [1.29, 1.82) is 0 Å². The first-order valence-corrected chi connectivity index (χ1v) is 10.9. The molecule has 1 aromatic heterocycles. The minimum atomic E-state index is -5.10. The average Bonchev–Trinajstić information content (AvgIpc) is 2.74. The second-order valence-electron chi connectivity index (χ2n) is 8.05. The number of fused-ring (bicyclic) bond motifs is 1. The number of alkyl halides is 6. The van der Waals surface area contributed by atoms with Crippen LogP contribution in [-0.4, -0.2) is 41.2 Å². The fourth-order valence-corrected chi connectivity index (χ4v) is 4.16. The van der Waals surface area contributed by atoms with Crippen LogP contribution in [0.5, 0.6) is 0 Å². The summed E-state index contributed by atoms with van der Waals surface area (Å²) in [6, 6.07) is 1.35. The molecule has 0 aliphatic carbocycles. The summed E-state index contributed by atoms with van der Waals surface area (Å²) >= 11 is 6.30. The molecule has 0 N–H and O–H groups in total. The van der Waals surface area contributed by atoms with Crippen LogP contribution >= 0.6 is 11.6 Å². The van der Waals surface area contributed by atoms with Crippen molar-refractivity contribution >= 4 is 35.0 Å². The average molecular weight is 540 g/mol. The van der Waals surface area contributed by atoms with Crippen molar-refractivity contribution in [3.8, 4) is 0 Å². The third-order valence-electron chi connectivity index (χ3n) is 5.38. The monoisotopic (exact) mass is 539 g/mol. The molecular weight excluding hydrogens is 520 g/mol. The first-order valence-electron chi connectivity index (χ1n) is 10.5. The van der Waals surface area contributed by atoms with Crippen molar-refractivity contribution < 1.29 is 45.4 Å². The summed E-state index contributed by atoms with van der Waals surface area (Å²) in [6.07, 6.45) is -11.2. The van der Waals surface area contributed by atoms with E-state index in [0.717, 1.165) is 17.9 Å². The van der Waals surface area contributed by atoms with Gasteiger partial charge in [-0.2, -0.15) is 26.3 Å². The van der Waals surface area contributed by atoms with Gasteiger partial charge in [0.2, 0.25) is 0 Å². The minimum Gasteiger partial charge on any atom is -0.462 e. The highest BCUT2D eigenvalue weighted by Gasteiger charge is 2.41. The summed E-state index contributed by atoms with van der Waals surface area (Å²) in [7, 11) is 0. The Morgan fingerprint density at radius 2 is 1.83 bits per heavy atom. The topological polar surface area (TPSA) is 81.6 Å². The van der Waals surface area contributed by atoms with Gasteiger partial charge in [0.15, 0.2) is 6.10 Å². The van der Waals surface area contributed by atoms with E-state index in [1.54, 1.807) is 0 Å². The number of carbonyl (C=O) groups excluding carboxylic acids is 2. The molecule has 2 aromatic rings. The summed E-state index contributed by atoms with van der Waals surface area (Å²) in [6.45, 7) is 3.51. The van der Waals surface area contributed by atoms with Crippen molar-refractivity contribution in [3.63, 3.8) is 0 Å². The molecule has 1 aliphatic heterocycles. The predicted octanol–water partition coefficient (Wildman–Crippen LogP) is 5.60. The van der Waals surface area contributed by atoms with E-state index >= 15 is 0 Å². The van der Waals surface area contributed by atoms with Gasteiger partial charge in [-0.25, -0.2) is 14.8 Å². The summed E-state index contributed by atoms with van der Waals surface area (Å²) in [5, 5.41) is -0.100. The Labute approximate surface area is 206 Å². The molecule has 7 nitrogen and oxygen atoms in total. The van der Waals surface area contributed by atoms with Crippen LogP contribution in [0.25, 0.3) is 0 Å². The second kappa shape index (κ2) is 10.1. The van der Waals surface area contributed by atoms with Crippen LogP contribution in [0.15, 0.2) is 18.2 Å². The van der Waals surface area contributed by atoms with Gasteiger partial charge >= 0.3 is 24.3 Å². The van der Waals surface area contributed by atoms with Gasteiger partial charge in [-0.05, 0) is 38.5 Å². The van der Waals surface area contributed by atoms with Crippen LogP contribution in [0.3, 0.4) is 0 Å². The van der Waals surface area contributed by atoms with Gasteiger partial charge in [-0.15, -0.1) is 0 Å². The lowest BCUT2D eigenvalue weighted by Gasteiger charge is -2.36. The Balaban J connectivity index is 2.01. The molecule has 14 heteroatoms. The van der Waals surface area contributed by atoms with Gasteiger partial charge in [0.25, 0.3) is 0 Å². The van der Waals surface area contributed by atoms with Crippen molar-refractivity contribution in [1.82, 2.24) is 9.97 Å². The quantitative estimate of drug-likeness (QED) is 0.278. The van der Waals surface area contributed by atoms with Gasteiger partial charge in [-0.1, -0.05) is 11.6 Å². The molecule has 0 amide bonds. The van der Waals surface area contributed by atoms with E-state index in [-0.39, 0.29) is 48.0 Å². The maximum absolute atomic E-state index is 13.8. The number of ether oxygens (including phenoxy) is 2. The van der Waals surface area contributed by atoms with Crippen LogP contribution < -0.4 is 4.90 Å². The minimum absolute atomic E-state index is 0.0434. The smallest absolute Gasteiger partial charge is 0.418 e. The number of nitrogens with zero attached hydrogens (tertiary/aromatic N) is 3. The number of hydrogen-bond donors (Lipinski definition) is 0. The number of anilines is 2. The first kappa shape index (κ1) is 27.5. The molecule has 1 aromatic carbocycles. The van der Waals surface area contributed by atoms with Gasteiger partial charge < -0.3 is 14.4 Å². The molecule has 0 unspecified atom stereocenters. The van der Waals surface area contributed by atoms with E-state index in [2.05, 4.69) is 9.97 Å². The van der Waals surface area contributed by atoms with Crippen LogP contribution in [0.1, 0.15) is 48.7 Å². The van der Waals surface area contributed by atoms with Crippen LogP contribution in [-0.2, 0) is 31.4 Å². The number of aromatic nitrogens is 2. The van der Waals surface area contributed by atoms with E-state index in [4.69, 9.17) is 21.1 Å². The highest BCUT2D eigenvalue weighted by molar-refractivity contribution is 6.30. The molecule has 36 heavy (non-hydrogen) atoms. The summed E-state index contributed by atoms with van der Waals surface area (Å²) in [4.78, 5) is 32.5. The van der Waals surface area contributed by atoms with Gasteiger partial charge in [-0.3, -0.25) is 4.79 Å². The Hall–Kier alpha value is -3.09. The molecule has 0 fully saturated rings. The molecule has 0 saturated carbocycles. The number of rotatable bonds is 5. The Morgan fingerprint density at radius 1 is 1.17 bits per heavy atom. The predicted molar refractivity (Wildman–Crippen MR) is 115 cm³/mol. The Bertz CT molecular complexity index is 1170. The maximum atomic E-state index is 13.8. The standard InChI is InChI=1S/C22H20ClF6N3O4/c1-10(36-12(3)33)20(34)35-9-13-6-7-32(19-17(13)18(23)30-11(2)31-19)16-5-4-14(21(24,25)26)8-15(16)22(27,28)29/h4-5,8,10,13H,6-7,9H2,1-3H3/t10-,13+/m0/s1. The lowest BCUT2D eigenvalue weighted by molar-refractivity contribution is -0.165. The summed E-state index contributed by atoms with van der Waals surface area (Å²) < 4.78 is 90.7. The van der Waals surface area contributed by atoms with E-state index < -0.39 is 53.1 Å². The number of halogens is 7. The normalized spacial score (nSPS) is 16.8. The number of carbonyl (C=O) groups is 2. The number of aryl methyl sites for hydroxylation is 1. The largest absolute Gasteiger partial charge is 0.462 e. The van der Waals surface area contributed by atoms with Crippen LogP contribution in [0.4, 0.5) is 37.8 Å². The number of benzene rings is 1. The van der Waals surface area contributed by atoms with E-state index in [0.29, 0.717) is 6.07 Å². The first-order chi connectivity index (χ1) is 16.6. The molecule has 1 aliphatic rings. The van der Waals surface area contributed by atoms with E-state index in [1.165, 1.54) is 13.8 Å².